The molecule has 0 bridgehead atoms. The summed E-state index contributed by atoms with van der Waals surface area (Å²) in [7, 11) is 0. The summed E-state index contributed by atoms with van der Waals surface area (Å²) in [6.45, 7) is 3.21. The Balaban J connectivity index is 2.23. The molecule has 0 aromatic heterocycles. The molecule has 1 aromatic rings. The van der Waals surface area contributed by atoms with Crippen LogP contribution in [0.15, 0.2) is 15.0 Å². The fourth-order valence-corrected chi connectivity index (χ4v) is 2.16. The molecular weight excluding hydrogens is 328 g/mol. The summed E-state index contributed by atoms with van der Waals surface area (Å²) in [4.78, 5) is 0. The number of hydrogen-bond donors (Lipinski definition) is 1. The Morgan fingerprint density at radius 2 is 2.27 bits per heavy atom. The van der Waals surface area contributed by atoms with Crippen molar-refractivity contribution in [2.75, 3.05) is 13.2 Å². The minimum Gasteiger partial charge on any atom is -0.507 e. The van der Waals surface area contributed by atoms with Gasteiger partial charge < -0.3 is 14.6 Å². The van der Waals surface area contributed by atoms with E-state index in [-0.39, 0.29) is 11.9 Å². The number of phenols is 1. The lowest BCUT2D eigenvalue weighted by Gasteiger charge is -2.12. The van der Waals surface area contributed by atoms with Gasteiger partial charge in [-0.15, -0.1) is 0 Å². The Bertz CT molecular complexity index is 389. The fraction of sp³-hybridized carbons (Fsp3) is 0.400. The third-order valence-electron chi connectivity index (χ3n) is 2.19. The van der Waals surface area contributed by atoms with Crippen molar-refractivity contribution in [2.24, 2.45) is 0 Å². The van der Waals surface area contributed by atoms with Crippen LogP contribution in [0.4, 0.5) is 0 Å². The summed E-state index contributed by atoms with van der Waals surface area (Å²) < 4.78 is 12.1. The van der Waals surface area contributed by atoms with E-state index in [9.17, 15) is 5.11 Å². The highest BCUT2D eigenvalue weighted by molar-refractivity contribution is 9.11. The van der Waals surface area contributed by atoms with Gasteiger partial charge in [0.2, 0.25) is 0 Å². The van der Waals surface area contributed by atoms with Gasteiger partial charge in [0.25, 0.3) is 0 Å². The van der Waals surface area contributed by atoms with Gasteiger partial charge in [0, 0.05) is 5.56 Å². The summed E-state index contributed by atoms with van der Waals surface area (Å²) in [5.74, 6) is 0.949. The second kappa shape index (κ2) is 4.31. The number of halogens is 2. The van der Waals surface area contributed by atoms with Crippen molar-refractivity contribution in [3.63, 3.8) is 0 Å². The van der Waals surface area contributed by atoms with Gasteiger partial charge in [0.05, 0.1) is 15.6 Å². The molecule has 1 saturated heterocycles. The number of ether oxygens (including phenoxy) is 2. The zero-order valence-corrected chi connectivity index (χ0v) is 11.3. The van der Waals surface area contributed by atoms with E-state index in [4.69, 9.17) is 9.47 Å². The Morgan fingerprint density at radius 1 is 1.60 bits per heavy atom. The van der Waals surface area contributed by atoms with E-state index in [0.29, 0.717) is 11.1 Å². The highest BCUT2D eigenvalue weighted by Crippen LogP contribution is 2.40. The van der Waals surface area contributed by atoms with Gasteiger partial charge in [-0.1, -0.05) is 0 Å². The van der Waals surface area contributed by atoms with Crippen molar-refractivity contribution in [1.29, 1.82) is 0 Å². The first-order valence-electron chi connectivity index (χ1n) is 4.51. The van der Waals surface area contributed by atoms with Crippen LogP contribution in [0.3, 0.4) is 0 Å². The van der Waals surface area contributed by atoms with Gasteiger partial charge in [-0.05, 0) is 44.8 Å². The molecule has 82 valence electrons. The van der Waals surface area contributed by atoms with Crippen molar-refractivity contribution < 1.29 is 14.6 Å². The predicted molar refractivity (Wildman–Crippen MR) is 63.5 cm³/mol. The second-order valence-corrected chi connectivity index (χ2v) is 5.06. The van der Waals surface area contributed by atoms with E-state index in [1.54, 1.807) is 6.07 Å². The maximum Gasteiger partial charge on any atom is 0.137 e. The van der Waals surface area contributed by atoms with Crippen LogP contribution < -0.4 is 4.74 Å². The van der Waals surface area contributed by atoms with E-state index >= 15 is 0 Å². The largest absolute Gasteiger partial charge is 0.507 e. The van der Waals surface area contributed by atoms with Gasteiger partial charge in [0.1, 0.15) is 24.2 Å². The number of epoxide rings is 1. The van der Waals surface area contributed by atoms with Gasteiger partial charge in [0.15, 0.2) is 0 Å². The molecule has 15 heavy (non-hydrogen) atoms. The summed E-state index contributed by atoms with van der Waals surface area (Å²) in [6, 6.07) is 1.61. The summed E-state index contributed by atoms with van der Waals surface area (Å²) in [6.07, 6.45) is 0.226. The monoisotopic (exact) mass is 336 g/mol. The summed E-state index contributed by atoms with van der Waals surface area (Å²) in [5.41, 5.74) is 0.877. The van der Waals surface area contributed by atoms with Crippen LogP contribution in [0.5, 0.6) is 11.5 Å². The molecule has 1 heterocycles. The number of rotatable bonds is 3. The van der Waals surface area contributed by atoms with Gasteiger partial charge in [-0.3, -0.25) is 0 Å². The van der Waals surface area contributed by atoms with Crippen molar-refractivity contribution in [3.05, 3.63) is 20.6 Å². The third-order valence-corrected chi connectivity index (χ3v) is 3.78. The maximum absolute atomic E-state index is 9.54. The lowest BCUT2D eigenvalue weighted by atomic mass is 10.2. The second-order valence-electron chi connectivity index (χ2n) is 3.41. The molecule has 3 nitrogen and oxygen atoms in total. The molecule has 1 aliphatic rings. The Hall–Kier alpha value is -0.260. The molecule has 0 saturated carbocycles. The van der Waals surface area contributed by atoms with Crippen LogP contribution in [0.1, 0.15) is 5.56 Å². The van der Waals surface area contributed by atoms with E-state index in [0.717, 1.165) is 22.4 Å². The average molecular weight is 338 g/mol. The molecule has 0 aliphatic carbocycles. The summed E-state index contributed by atoms with van der Waals surface area (Å²) in [5, 5.41) is 9.54. The number of benzene rings is 1. The quantitative estimate of drug-likeness (QED) is 0.862. The van der Waals surface area contributed by atoms with Gasteiger partial charge in [-0.2, -0.15) is 0 Å². The van der Waals surface area contributed by atoms with E-state index in [1.165, 1.54) is 0 Å². The van der Waals surface area contributed by atoms with E-state index < -0.39 is 0 Å². The lowest BCUT2D eigenvalue weighted by molar-refractivity contribution is 0.260. The third kappa shape index (κ3) is 2.46. The van der Waals surface area contributed by atoms with Crippen LogP contribution in [-0.2, 0) is 4.74 Å². The Morgan fingerprint density at radius 3 is 2.87 bits per heavy atom. The van der Waals surface area contributed by atoms with E-state index in [1.807, 2.05) is 6.92 Å². The Labute approximate surface area is 105 Å². The number of phenolic OH excluding ortho intramolecular Hbond substituents is 1. The Kier molecular flexibility index (Phi) is 3.23. The summed E-state index contributed by atoms with van der Waals surface area (Å²) >= 11 is 6.66. The smallest absolute Gasteiger partial charge is 0.137 e. The SMILES string of the molecule is Cc1c(Br)c(O)cc(Br)c1OCC1CO1. The molecular formula is C10H10Br2O3. The highest BCUT2D eigenvalue weighted by Gasteiger charge is 2.24. The zero-order valence-electron chi connectivity index (χ0n) is 8.09. The van der Waals surface area contributed by atoms with Crippen molar-refractivity contribution in [1.82, 2.24) is 0 Å². The maximum atomic E-state index is 9.54. The predicted octanol–water partition coefficient (Wildman–Crippen LogP) is 3.00. The van der Waals surface area contributed by atoms with Crippen LogP contribution in [-0.4, -0.2) is 24.4 Å². The first kappa shape index (κ1) is 11.2. The molecule has 1 unspecified atom stereocenters. The molecule has 5 heteroatoms. The highest BCUT2D eigenvalue weighted by atomic mass is 79.9. The first-order chi connectivity index (χ1) is 7.09. The minimum absolute atomic E-state index is 0.203. The van der Waals surface area contributed by atoms with E-state index in [2.05, 4.69) is 31.9 Å². The van der Waals surface area contributed by atoms with Crippen molar-refractivity contribution >= 4 is 31.9 Å². The number of aromatic hydroxyl groups is 1. The molecule has 1 N–H and O–H groups in total. The first-order valence-corrected chi connectivity index (χ1v) is 6.10. The fourth-order valence-electron chi connectivity index (χ4n) is 1.24. The van der Waals surface area contributed by atoms with Crippen LogP contribution in [0.2, 0.25) is 0 Å². The molecule has 1 fully saturated rings. The molecule has 2 rings (SSSR count). The lowest BCUT2D eigenvalue weighted by Crippen LogP contribution is -2.05. The van der Waals surface area contributed by atoms with Crippen LogP contribution in [0, 0.1) is 6.92 Å². The zero-order chi connectivity index (χ0) is 11.0. The normalized spacial score (nSPS) is 19.0. The van der Waals surface area contributed by atoms with Crippen molar-refractivity contribution in [2.45, 2.75) is 13.0 Å². The molecule has 0 spiro atoms. The molecule has 0 radical (unpaired) electrons. The van der Waals surface area contributed by atoms with Gasteiger partial charge in [-0.25, -0.2) is 0 Å². The van der Waals surface area contributed by atoms with Crippen molar-refractivity contribution in [3.8, 4) is 11.5 Å². The standard InChI is InChI=1S/C10H10Br2O3/c1-5-9(12)8(13)2-7(11)10(5)15-4-6-3-14-6/h2,6,13H,3-4H2,1H3. The molecule has 1 aromatic carbocycles. The molecule has 0 amide bonds. The van der Waals surface area contributed by atoms with Crippen LogP contribution >= 0.6 is 31.9 Å². The number of hydrogen-bond acceptors (Lipinski definition) is 3. The van der Waals surface area contributed by atoms with Gasteiger partial charge >= 0.3 is 0 Å². The van der Waals surface area contributed by atoms with Crippen LogP contribution in [0.25, 0.3) is 0 Å². The average Bonchev–Trinajstić information content (AvgIpc) is 2.98. The minimum atomic E-state index is 0.203. The molecule has 1 aliphatic heterocycles. The topological polar surface area (TPSA) is 42.0 Å². The molecule has 1 atom stereocenters.